The minimum atomic E-state index is -1.96. The summed E-state index contributed by atoms with van der Waals surface area (Å²) in [6.45, 7) is 17.2. The average Bonchev–Trinajstić information content (AvgIpc) is 1.33. The number of nitrogen functional groups attached to an aromatic ring is 1. The molecule has 6 N–H and O–H groups in total. The summed E-state index contributed by atoms with van der Waals surface area (Å²) in [5.41, 5.74) is 0.376. The van der Waals surface area contributed by atoms with Crippen LogP contribution in [-0.4, -0.2) is 225 Å². The Balaban J connectivity index is 1.37. The number of rotatable bonds is 9. The first-order valence-electron chi connectivity index (χ1n) is 31.0. The third-order valence-electron chi connectivity index (χ3n) is 17.9. The van der Waals surface area contributed by atoms with E-state index in [0.717, 1.165) is 20.8 Å². The number of cyclic esters (lactones) is 2. The average molecular weight is 1300 g/mol. The number of nitrogens with two attached hydrogens (primary N) is 1. The van der Waals surface area contributed by atoms with Crippen LogP contribution in [-0.2, 0) is 57.4 Å². The number of carbonyl (C=O) groups excluding carboxylic acids is 12. The maximum absolute atomic E-state index is 15.2. The number of benzene rings is 2. The molecule has 5 aliphatic heterocycles. The normalized spacial score (nSPS) is 25.7. The van der Waals surface area contributed by atoms with Crippen LogP contribution in [0.2, 0.25) is 0 Å². The molecule has 1 aromatic carbocycles. The Morgan fingerprint density at radius 2 is 1.06 bits per heavy atom. The predicted octanol–water partition coefficient (Wildman–Crippen LogP) is 0.634. The molecule has 7 rings (SSSR count). The van der Waals surface area contributed by atoms with Gasteiger partial charge < -0.3 is 70.3 Å². The van der Waals surface area contributed by atoms with Gasteiger partial charge in [0.15, 0.2) is 11.3 Å². The van der Waals surface area contributed by atoms with Gasteiger partial charge in [-0.2, -0.15) is 0 Å². The second-order valence-corrected chi connectivity index (χ2v) is 25.9. The smallest absolute Gasteiger partial charge is 0.329 e. The van der Waals surface area contributed by atoms with Gasteiger partial charge in [0, 0.05) is 52.9 Å². The lowest BCUT2D eigenvalue weighted by Gasteiger charge is -2.36. The lowest BCUT2D eigenvalue weighted by Crippen LogP contribution is -2.61. The number of hydrogen-bond acceptors (Lipinski definition) is 20. The molecule has 0 aromatic heterocycles. The van der Waals surface area contributed by atoms with Crippen molar-refractivity contribution in [2.75, 3.05) is 60.1 Å². The predicted molar refractivity (Wildman–Crippen MR) is 332 cm³/mol. The van der Waals surface area contributed by atoms with Crippen molar-refractivity contribution in [3.8, 4) is 11.5 Å². The highest BCUT2D eigenvalue weighted by Crippen LogP contribution is 2.38. The molecule has 10 amide bonds. The molecule has 93 heavy (non-hydrogen) atoms. The molecule has 4 saturated heterocycles. The molecular formula is C62H85N13O18. The van der Waals surface area contributed by atoms with Gasteiger partial charge in [-0.15, -0.1) is 0 Å². The number of nitrogens with zero attached hydrogens (tertiary/aromatic N) is 8. The number of esters is 2. The fraction of sp³-hybridized carbons (Fsp3) is 0.613. The van der Waals surface area contributed by atoms with Crippen molar-refractivity contribution >= 4 is 93.5 Å². The van der Waals surface area contributed by atoms with Crippen LogP contribution in [0.4, 0.5) is 11.4 Å². The van der Waals surface area contributed by atoms with Crippen LogP contribution in [0.15, 0.2) is 15.3 Å². The van der Waals surface area contributed by atoms with Crippen molar-refractivity contribution in [2.24, 2.45) is 23.7 Å². The van der Waals surface area contributed by atoms with E-state index in [0.29, 0.717) is 12.8 Å². The van der Waals surface area contributed by atoms with E-state index in [1.54, 1.807) is 55.4 Å². The minimum absolute atomic E-state index is 0.116. The van der Waals surface area contributed by atoms with E-state index in [-0.39, 0.29) is 37.1 Å². The Morgan fingerprint density at radius 1 is 0.645 bits per heavy atom. The summed E-state index contributed by atoms with van der Waals surface area (Å²) in [7, 11) is 5.45. The SMILES string of the molecule is Cc1c2oc3c(C)c([N+](=O)[O-])cc(C(=O)NC4C(=O)N[C@@H](C(C)C)C(=O)N5CCC[C@H]5C(=O)N(C)CC(=O)N(C)[C@@H](C(C)C)C(=O)OC4C)c3nc-2c(C(=O)NC2C(=O)N[C@@H](C(C)C)C(=O)N3CCC[C@H]3C(=O)N(C)CC(=O)N(C)[C@@H](C(C)C)C(=O)OC2C)c(N)c1=O. The molecule has 1 aliphatic carbocycles. The van der Waals surface area contributed by atoms with E-state index in [9.17, 15) is 62.9 Å². The van der Waals surface area contributed by atoms with Crippen LogP contribution in [0.1, 0.15) is 127 Å². The van der Waals surface area contributed by atoms with Gasteiger partial charge in [0.25, 0.3) is 17.5 Å². The van der Waals surface area contributed by atoms with E-state index in [1.807, 2.05) is 0 Å². The Labute approximate surface area is 536 Å². The number of fused-ring (bicyclic) bond motifs is 4. The number of nitro groups is 1. The summed E-state index contributed by atoms with van der Waals surface area (Å²) < 4.78 is 18.1. The number of hydrogen-bond donors (Lipinski definition) is 5. The van der Waals surface area contributed by atoms with E-state index in [2.05, 4.69) is 26.3 Å². The first-order chi connectivity index (χ1) is 43.4. The zero-order valence-corrected chi connectivity index (χ0v) is 55.3. The zero-order chi connectivity index (χ0) is 69.4. The number of anilines is 1. The highest BCUT2D eigenvalue weighted by molar-refractivity contribution is 6.11. The number of carbonyl (C=O) groups is 12. The van der Waals surface area contributed by atoms with E-state index in [1.165, 1.54) is 70.6 Å². The van der Waals surface area contributed by atoms with Gasteiger partial charge in [-0.3, -0.25) is 62.9 Å². The van der Waals surface area contributed by atoms with Crippen molar-refractivity contribution < 1.29 is 76.3 Å². The van der Waals surface area contributed by atoms with Gasteiger partial charge in [-0.25, -0.2) is 14.6 Å². The molecule has 5 heterocycles. The standard InChI is InChI=1S/C62H85N13O18/c1-26(2)42-59(85)73-21-17-19-35(73)57(83)69(13)24-38(76)71(15)48(28(5)6)61(87)91-32(11)44(55(81)65-42)67-53(79)34-23-37(75(89)90)30(9)51-46(34)64-47-40(41(63)50(78)31(10)52(47)93-51)54(80)68-45-33(12)92-62(88)49(29(7)8)72(16)39(77)25-70(14)58(84)36-20-18-22-74(36)60(86)43(27(3)4)66-56(45)82/h23,26-29,32-33,35-36,42-45,48-49H,17-22,24-25,63H2,1-16H3,(H,65,81)(H,66,82)(H,67,79)(H,68,80)/t32?,33?,35-,36-,42-,43-,44?,45?,48-,49-/m0/s1. The zero-order valence-electron chi connectivity index (χ0n) is 55.3. The molecule has 4 unspecified atom stereocenters. The maximum Gasteiger partial charge on any atom is 0.329 e. The van der Waals surface area contributed by atoms with Crippen LogP contribution in [0.25, 0.3) is 22.6 Å². The summed E-state index contributed by atoms with van der Waals surface area (Å²) in [5.74, 6) is -13.8. The van der Waals surface area contributed by atoms with Crippen molar-refractivity contribution in [2.45, 2.75) is 169 Å². The van der Waals surface area contributed by atoms with Crippen molar-refractivity contribution in [1.29, 1.82) is 0 Å². The maximum atomic E-state index is 15.2. The molecule has 4 fully saturated rings. The lowest BCUT2D eigenvalue weighted by atomic mass is 9.98. The molecular weight excluding hydrogens is 1210 g/mol. The molecule has 506 valence electrons. The van der Waals surface area contributed by atoms with E-state index in [4.69, 9.17) is 19.6 Å². The molecule has 0 bridgehead atoms. The Hall–Kier alpha value is -9.32. The van der Waals surface area contributed by atoms with Crippen molar-refractivity contribution in [3.63, 3.8) is 0 Å². The van der Waals surface area contributed by atoms with Gasteiger partial charge in [-0.05, 0) is 77.0 Å². The summed E-state index contributed by atoms with van der Waals surface area (Å²) >= 11 is 0. The first-order valence-corrected chi connectivity index (χ1v) is 31.0. The van der Waals surface area contributed by atoms with Crippen LogP contribution < -0.4 is 32.4 Å². The fourth-order valence-corrected chi connectivity index (χ4v) is 12.5. The van der Waals surface area contributed by atoms with Crippen LogP contribution in [0, 0.1) is 47.6 Å². The highest BCUT2D eigenvalue weighted by atomic mass is 16.6. The molecule has 0 saturated carbocycles. The van der Waals surface area contributed by atoms with Gasteiger partial charge in [0.05, 0.1) is 40.4 Å². The Bertz CT molecular complexity index is 3590. The summed E-state index contributed by atoms with van der Waals surface area (Å²) in [6.07, 6.45) is -2.02. The van der Waals surface area contributed by atoms with Crippen LogP contribution in [0.5, 0.6) is 0 Å². The van der Waals surface area contributed by atoms with Gasteiger partial charge in [-0.1, -0.05) is 55.4 Å². The molecule has 1 aromatic rings. The summed E-state index contributed by atoms with van der Waals surface area (Å²) in [5, 5.41) is 23.2. The molecule has 0 radical (unpaired) electrons. The Kier molecular flexibility index (Phi) is 21.6. The van der Waals surface area contributed by atoms with Gasteiger partial charge >= 0.3 is 11.9 Å². The first kappa shape index (κ1) is 71.1. The highest BCUT2D eigenvalue weighted by Gasteiger charge is 2.47. The monoisotopic (exact) mass is 1300 g/mol. The second-order valence-electron chi connectivity index (χ2n) is 25.9. The number of amides is 10. The van der Waals surface area contributed by atoms with E-state index < -0.39 is 224 Å². The third kappa shape index (κ3) is 14.2. The van der Waals surface area contributed by atoms with Crippen molar-refractivity contribution in [3.05, 3.63) is 48.7 Å². The molecule has 31 nitrogen and oxygen atoms in total. The largest absolute Gasteiger partial charge is 0.458 e. The topological polar surface area (TPSA) is 403 Å². The molecule has 31 heteroatoms. The van der Waals surface area contributed by atoms with Crippen LogP contribution in [0.3, 0.4) is 0 Å². The van der Waals surface area contributed by atoms with Crippen molar-refractivity contribution in [1.82, 2.24) is 55.7 Å². The number of ether oxygens (including phenoxy) is 2. The summed E-state index contributed by atoms with van der Waals surface area (Å²) in [4.78, 5) is 211. The number of aromatic nitrogens is 1. The van der Waals surface area contributed by atoms with E-state index >= 15 is 9.59 Å². The number of aryl methyl sites for hydroxylation is 1. The quantitative estimate of drug-likeness (QED) is 0.0645. The second kappa shape index (κ2) is 28.3. The molecule has 6 aliphatic rings. The fourth-order valence-electron chi connectivity index (χ4n) is 12.5. The van der Waals surface area contributed by atoms with Crippen LogP contribution >= 0.6 is 0 Å². The number of nitrogens with one attached hydrogen (secondary N) is 4. The lowest BCUT2D eigenvalue weighted by molar-refractivity contribution is -0.385. The minimum Gasteiger partial charge on any atom is -0.458 e. The third-order valence-corrected chi connectivity index (χ3v) is 17.9. The molecule has 0 spiro atoms. The van der Waals surface area contributed by atoms with Gasteiger partial charge in [0.2, 0.25) is 52.7 Å². The number of nitro benzene ring substituents is 1. The Morgan fingerprint density at radius 3 is 1.46 bits per heavy atom. The summed E-state index contributed by atoms with van der Waals surface area (Å²) in [6, 6.07) is -10.6. The molecule has 10 atom stereocenters. The number of likely N-dealkylation sites (N-methyl/N-ethyl adjacent to an activating group) is 4. The van der Waals surface area contributed by atoms with Gasteiger partial charge in [0.1, 0.15) is 71.8 Å².